The van der Waals surface area contributed by atoms with Crippen molar-refractivity contribution in [2.24, 2.45) is 0 Å². The fourth-order valence-corrected chi connectivity index (χ4v) is 1.16. The maximum atomic E-state index is 10.6. The normalized spacial score (nSPS) is 9.87. The Morgan fingerprint density at radius 3 is 2.60 bits per heavy atom. The first kappa shape index (κ1) is 9.26. The van der Waals surface area contributed by atoms with Crippen LogP contribution in [0.5, 0.6) is 0 Å². The lowest BCUT2D eigenvalue weighted by Gasteiger charge is -2.06. The lowest BCUT2D eigenvalue weighted by Crippen LogP contribution is -2.06. The van der Waals surface area contributed by atoms with Crippen LogP contribution in [0.4, 0.5) is 5.69 Å². The lowest BCUT2D eigenvalue weighted by molar-refractivity contribution is 0.0697. The standard InChI is InChI=1S/C10H9N3O2/c14-10(15)8-1-3-9(4-2-8)12-13-6-5-11-7-13/h1-7,12H,(H,14,15). The number of aromatic nitrogens is 2. The van der Waals surface area contributed by atoms with Gasteiger partial charge in [-0.05, 0) is 24.3 Å². The molecule has 2 N–H and O–H groups in total. The molecule has 2 rings (SSSR count). The first-order valence-electron chi connectivity index (χ1n) is 4.34. The van der Waals surface area contributed by atoms with Crippen molar-refractivity contribution >= 4 is 11.7 Å². The van der Waals surface area contributed by atoms with Gasteiger partial charge in [0.25, 0.3) is 0 Å². The van der Waals surface area contributed by atoms with Gasteiger partial charge in [-0.3, -0.25) is 10.1 Å². The average Bonchev–Trinajstić information content (AvgIpc) is 2.71. The van der Waals surface area contributed by atoms with Gasteiger partial charge in [-0.2, -0.15) is 0 Å². The van der Waals surface area contributed by atoms with Gasteiger partial charge in [0.1, 0.15) is 6.33 Å². The van der Waals surface area contributed by atoms with Crippen LogP contribution in [0.2, 0.25) is 0 Å². The largest absolute Gasteiger partial charge is 0.478 e. The quantitative estimate of drug-likeness (QED) is 0.792. The molecule has 5 heteroatoms. The first-order chi connectivity index (χ1) is 7.25. The third-order valence-electron chi connectivity index (χ3n) is 1.89. The van der Waals surface area contributed by atoms with Crippen LogP contribution in [0.1, 0.15) is 10.4 Å². The van der Waals surface area contributed by atoms with E-state index in [0.717, 1.165) is 5.69 Å². The molecule has 0 aliphatic rings. The molecule has 0 saturated carbocycles. The Hall–Kier alpha value is -2.30. The summed E-state index contributed by atoms with van der Waals surface area (Å²) in [4.78, 5) is 14.5. The minimum atomic E-state index is -0.927. The molecule has 0 amide bonds. The van der Waals surface area contributed by atoms with Crippen molar-refractivity contribution in [1.29, 1.82) is 0 Å². The second-order valence-electron chi connectivity index (χ2n) is 2.96. The maximum absolute atomic E-state index is 10.6. The monoisotopic (exact) mass is 203 g/mol. The number of nitrogens with one attached hydrogen (secondary N) is 1. The average molecular weight is 203 g/mol. The number of imidazole rings is 1. The van der Waals surface area contributed by atoms with E-state index in [4.69, 9.17) is 5.11 Å². The number of hydrogen-bond donors (Lipinski definition) is 2. The number of benzene rings is 1. The fourth-order valence-electron chi connectivity index (χ4n) is 1.16. The molecule has 15 heavy (non-hydrogen) atoms. The zero-order valence-electron chi connectivity index (χ0n) is 7.79. The minimum Gasteiger partial charge on any atom is -0.478 e. The second-order valence-corrected chi connectivity index (χ2v) is 2.96. The van der Waals surface area contributed by atoms with Crippen molar-refractivity contribution in [3.05, 3.63) is 48.5 Å². The molecule has 0 fully saturated rings. The third kappa shape index (κ3) is 2.14. The topological polar surface area (TPSA) is 67.2 Å². The van der Waals surface area contributed by atoms with Crippen molar-refractivity contribution in [2.45, 2.75) is 0 Å². The molecule has 1 heterocycles. The smallest absolute Gasteiger partial charge is 0.335 e. The number of rotatable bonds is 3. The van der Waals surface area contributed by atoms with Crippen LogP contribution in [-0.2, 0) is 0 Å². The summed E-state index contributed by atoms with van der Waals surface area (Å²) in [6, 6.07) is 6.48. The van der Waals surface area contributed by atoms with E-state index in [1.807, 2.05) is 0 Å². The summed E-state index contributed by atoms with van der Waals surface area (Å²) in [7, 11) is 0. The number of nitrogens with zero attached hydrogens (tertiary/aromatic N) is 2. The molecule has 0 unspecified atom stereocenters. The van der Waals surface area contributed by atoms with Crippen LogP contribution in [0.25, 0.3) is 0 Å². The van der Waals surface area contributed by atoms with Crippen molar-refractivity contribution in [2.75, 3.05) is 5.43 Å². The Labute approximate surface area is 86.0 Å². The van der Waals surface area contributed by atoms with Gasteiger partial charge in [-0.15, -0.1) is 0 Å². The molecule has 5 nitrogen and oxygen atoms in total. The Balaban J connectivity index is 2.14. The van der Waals surface area contributed by atoms with E-state index in [9.17, 15) is 4.79 Å². The molecule has 1 aromatic heterocycles. The molecule has 0 saturated heterocycles. The Morgan fingerprint density at radius 1 is 1.33 bits per heavy atom. The predicted octanol–water partition coefficient (Wildman–Crippen LogP) is 1.46. The third-order valence-corrected chi connectivity index (χ3v) is 1.89. The van der Waals surface area contributed by atoms with Crippen LogP contribution in [0.3, 0.4) is 0 Å². The van der Waals surface area contributed by atoms with Crippen molar-refractivity contribution in [3.63, 3.8) is 0 Å². The minimum absolute atomic E-state index is 0.270. The van der Waals surface area contributed by atoms with E-state index < -0.39 is 5.97 Å². The molecular weight excluding hydrogens is 194 g/mol. The summed E-state index contributed by atoms with van der Waals surface area (Å²) < 4.78 is 1.68. The molecule has 0 atom stereocenters. The zero-order chi connectivity index (χ0) is 10.7. The molecule has 2 aromatic rings. The van der Waals surface area contributed by atoms with Gasteiger partial charge in [-0.1, -0.05) is 0 Å². The maximum Gasteiger partial charge on any atom is 0.335 e. The highest BCUT2D eigenvalue weighted by molar-refractivity contribution is 5.87. The molecule has 0 bridgehead atoms. The Bertz CT molecular complexity index is 448. The summed E-state index contributed by atoms with van der Waals surface area (Å²) in [5.41, 5.74) is 4.08. The predicted molar refractivity (Wildman–Crippen MR) is 54.6 cm³/mol. The highest BCUT2D eigenvalue weighted by Gasteiger charge is 2.01. The molecule has 0 spiro atoms. The van der Waals surface area contributed by atoms with E-state index in [1.54, 1.807) is 47.7 Å². The number of anilines is 1. The first-order valence-corrected chi connectivity index (χ1v) is 4.34. The van der Waals surface area contributed by atoms with Crippen LogP contribution in [0, 0.1) is 0 Å². The van der Waals surface area contributed by atoms with E-state index in [0.29, 0.717) is 0 Å². The highest BCUT2D eigenvalue weighted by Crippen LogP contribution is 2.09. The molecule has 0 aliphatic carbocycles. The Morgan fingerprint density at radius 2 is 2.07 bits per heavy atom. The van der Waals surface area contributed by atoms with Crippen LogP contribution >= 0.6 is 0 Å². The summed E-state index contributed by atoms with van der Waals surface area (Å²) in [6.07, 6.45) is 5.02. The summed E-state index contributed by atoms with van der Waals surface area (Å²) in [6.45, 7) is 0. The van der Waals surface area contributed by atoms with Gasteiger partial charge in [-0.25, -0.2) is 9.78 Å². The van der Waals surface area contributed by atoms with Crippen LogP contribution in [0.15, 0.2) is 43.0 Å². The van der Waals surface area contributed by atoms with Crippen molar-refractivity contribution < 1.29 is 9.90 Å². The van der Waals surface area contributed by atoms with Crippen LogP contribution < -0.4 is 5.43 Å². The molecule has 1 aromatic carbocycles. The highest BCUT2D eigenvalue weighted by atomic mass is 16.4. The lowest BCUT2D eigenvalue weighted by atomic mass is 10.2. The van der Waals surface area contributed by atoms with Crippen molar-refractivity contribution in [1.82, 2.24) is 9.66 Å². The number of aromatic carboxylic acids is 1. The van der Waals surface area contributed by atoms with E-state index >= 15 is 0 Å². The number of carboxylic acid groups (broad SMARTS) is 1. The van der Waals surface area contributed by atoms with E-state index in [2.05, 4.69) is 10.4 Å². The van der Waals surface area contributed by atoms with Gasteiger partial charge in [0.05, 0.1) is 11.3 Å². The van der Waals surface area contributed by atoms with Gasteiger partial charge in [0, 0.05) is 12.4 Å². The fraction of sp³-hybridized carbons (Fsp3) is 0. The van der Waals surface area contributed by atoms with Gasteiger partial charge in [0.15, 0.2) is 0 Å². The van der Waals surface area contributed by atoms with E-state index in [1.165, 1.54) is 0 Å². The number of hydrogen-bond acceptors (Lipinski definition) is 3. The summed E-state index contributed by atoms with van der Waals surface area (Å²) >= 11 is 0. The van der Waals surface area contributed by atoms with Gasteiger partial charge in [0.2, 0.25) is 0 Å². The summed E-state index contributed by atoms with van der Waals surface area (Å²) in [5, 5.41) is 8.70. The summed E-state index contributed by atoms with van der Waals surface area (Å²) in [5.74, 6) is -0.927. The molecule has 0 aliphatic heterocycles. The second kappa shape index (κ2) is 3.83. The molecular formula is C10H9N3O2. The zero-order valence-corrected chi connectivity index (χ0v) is 7.79. The number of carboxylic acids is 1. The van der Waals surface area contributed by atoms with Crippen LogP contribution in [-0.4, -0.2) is 20.7 Å². The van der Waals surface area contributed by atoms with Gasteiger partial charge >= 0.3 is 5.97 Å². The van der Waals surface area contributed by atoms with Gasteiger partial charge < -0.3 is 5.11 Å². The molecule has 76 valence electrons. The molecule has 0 radical (unpaired) electrons. The number of carbonyl (C=O) groups is 1. The van der Waals surface area contributed by atoms with E-state index in [-0.39, 0.29) is 5.56 Å². The SMILES string of the molecule is O=C(O)c1ccc(Nn2ccnc2)cc1. The van der Waals surface area contributed by atoms with Crippen molar-refractivity contribution in [3.8, 4) is 0 Å². The Kier molecular flexibility index (Phi) is 2.37.